The maximum absolute atomic E-state index is 13.9. The SMILES string of the molecule is Cc1ncccc1-c1nc2cn(-c3ccccc3)nc2c(=O)n1C[C@H]1CCCN(C[C@H]2CCCO2)C1. The summed E-state index contributed by atoms with van der Waals surface area (Å²) in [5, 5.41) is 4.66. The highest BCUT2D eigenvalue weighted by Gasteiger charge is 2.27. The van der Waals surface area contributed by atoms with Crippen LogP contribution in [-0.2, 0) is 11.3 Å². The molecule has 0 spiro atoms. The van der Waals surface area contributed by atoms with E-state index in [9.17, 15) is 4.79 Å². The Kier molecular flexibility index (Phi) is 6.37. The summed E-state index contributed by atoms with van der Waals surface area (Å²) in [5.74, 6) is 1.03. The molecule has 5 heterocycles. The second-order valence-electron chi connectivity index (χ2n) is 10.0. The van der Waals surface area contributed by atoms with E-state index < -0.39 is 0 Å². The minimum atomic E-state index is -0.0933. The predicted molar refractivity (Wildman–Crippen MR) is 139 cm³/mol. The van der Waals surface area contributed by atoms with E-state index in [0.717, 1.165) is 68.9 Å². The first-order valence-electron chi connectivity index (χ1n) is 13.0. The van der Waals surface area contributed by atoms with E-state index in [2.05, 4.69) is 15.0 Å². The number of hydrogen-bond donors (Lipinski definition) is 0. The van der Waals surface area contributed by atoms with Crippen molar-refractivity contribution in [3.8, 4) is 17.1 Å². The van der Waals surface area contributed by atoms with E-state index in [0.29, 0.717) is 35.4 Å². The monoisotopic (exact) mass is 484 g/mol. The summed E-state index contributed by atoms with van der Waals surface area (Å²) < 4.78 is 9.47. The van der Waals surface area contributed by atoms with E-state index in [1.165, 1.54) is 0 Å². The number of nitrogens with zero attached hydrogens (tertiary/aromatic N) is 6. The normalized spacial score (nSPS) is 20.8. The average Bonchev–Trinajstić information content (AvgIpc) is 3.57. The first-order chi connectivity index (χ1) is 17.7. The standard InChI is InChI=1S/C28H32N6O2/c1-20-24(12-5-13-29-20)27-30-25-19-34(22-9-3-2-4-10-22)31-26(25)28(35)33(27)17-21-8-6-14-32(16-21)18-23-11-7-15-36-23/h2-5,9-10,12-13,19,21,23H,6-8,11,14-18H2,1H3/t21-,23+/m0/s1. The van der Waals surface area contributed by atoms with Crippen LogP contribution in [0.2, 0.25) is 0 Å². The van der Waals surface area contributed by atoms with Gasteiger partial charge in [-0.05, 0) is 69.3 Å². The molecule has 0 bridgehead atoms. The van der Waals surface area contributed by atoms with Crippen LogP contribution in [0.1, 0.15) is 31.4 Å². The summed E-state index contributed by atoms with van der Waals surface area (Å²) in [4.78, 5) is 25.9. The minimum Gasteiger partial charge on any atom is -0.377 e. The predicted octanol–water partition coefficient (Wildman–Crippen LogP) is 3.84. The molecule has 0 unspecified atom stereocenters. The molecule has 0 amide bonds. The molecular formula is C28H32N6O2. The highest BCUT2D eigenvalue weighted by molar-refractivity contribution is 5.76. The Morgan fingerprint density at radius 2 is 1.94 bits per heavy atom. The molecule has 2 saturated heterocycles. The van der Waals surface area contributed by atoms with Gasteiger partial charge in [-0.15, -0.1) is 0 Å². The van der Waals surface area contributed by atoms with Crippen molar-refractivity contribution in [2.24, 2.45) is 5.92 Å². The van der Waals surface area contributed by atoms with E-state index >= 15 is 0 Å². The molecule has 2 atom stereocenters. The molecule has 6 rings (SSSR count). The molecule has 3 aromatic heterocycles. The van der Waals surface area contributed by atoms with Gasteiger partial charge >= 0.3 is 0 Å². The second-order valence-corrected chi connectivity index (χ2v) is 10.0. The molecule has 2 fully saturated rings. The summed E-state index contributed by atoms with van der Waals surface area (Å²) >= 11 is 0. The molecule has 0 saturated carbocycles. The van der Waals surface area contributed by atoms with Crippen molar-refractivity contribution < 1.29 is 4.74 Å². The van der Waals surface area contributed by atoms with Gasteiger partial charge in [0.1, 0.15) is 11.3 Å². The van der Waals surface area contributed by atoms with Crippen molar-refractivity contribution in [2.75, 3.05) is 26.2 Å². The summed E-state index contributed by atoms with van der Waals surface area (Å²) in [5.41, 5.74) is 3.55. The quantitative estimate of drug-likeness (QED) is 0.414. The van der Waals surface area contributed by atoms with Gasteiger partial charge in [0.05, 0.1) is 18.0 Å². The fourth-order valence-corrected chi connectivity index (χ4v) is 5.61. The van der Waals surface area contributed by atoms with Crippen LogP contribution in [0, 0.1) is 12.8 Å². The van der Waals surface area contributed by atoms with Gasteiger partial charge in [0.2, 0.25) is 0 Å². The van der Waals surface area contributed by atoms with E-state index in [-0.39, 0.29) is 5.56 Å². The average molecular weight is 485 g/mol. The highest BCUT2D eigenvalue weighted by atomic mass is 16.5. The van der Waals surface area contributed by atoms with Gasteiger partial charge in [-0.2, -0.15) is 5.10 Å². The zero-order valence-electron chi connectivity index (χ0n) is 20.7. The topological polar surface area (TPSA) is 78.1 Å². The number of para-hydroxylation sites is 1. The Labute approximate surface area is 210 Å². The third-order valence-corrected chi connectivity index (χ3v) is 7.42. The summed E-state index contributed by atoms with van der Waals surface area (Å²) in [6.45, 7) is 6.51. The van der Waals surface area contributed by atoms with Crippen molar-refractivity contribution in [1.82, 2.24) is 29.2 Å². The lowest BCUT2D eigenvalue weighted by Gasteiger charge is -2.34. The van der Waals surface area contributed by atoms with Crippen LogP contribution in [0.4, 0.5) is 0 Å². The highest BCUT2D eigenvalue weighted by Crippen LogP contribution is 2.25. The number of rotatable bonds is 6. The molecule has 2 aliphatic heterocycles. The molecule has 4 aromatic rings. The van der Waals surface area contributed by atoms with Crippen LogP contribution in [-0.4, -0.2) is 61.6 Å². The second kappa shape index (κ2) is 9.95. The van der Waals surface area contributed by atoms with E-state index in [4.69, 9.17) is 9.72 Å². The third-order valence-electron chi connectivity index (χ3n) is 7.42. The Balaban J connectivity index is 1.38. The number of likely N-dealkylation sites (tertiary alicyclic amines) is 1. The van der Waals surface area contributed by atoms with Crippen LogP contribution in [0.15, 0.2) is 59.7 Å². The maximum Gasteiger partial charge on any atom is 0.282 e. The summed E-state index contributed by atoms with van der Waals surface area (Å²) in [6, 6.07) is 13.7. The lowest BCUT2D eigenvalue weighted by Crippen LogP contribution is -2.42. The van der Waals surface area contributed by atoms with Gasteiger partial charge in [-0.3, -0.25) is 14.3 Å². The summed E-state index contributed by atoms with van der Waals surface area (Å²) in [6.07, 6.45) is 8.50. The Bertz CT molecular complexity index is 1410. The number of ether oxygens (including phenoxy) is 1. The molecule has 186 valence electrons. The number of hydrogen-bond acceptors (Lipinski definition) is 6. The van der Waals surface area contributed by atoms with E-state index in [1.54, 1.807) is 10.9 Å². The molecule has 36 heavy (non-hydrogen) atoms. The largest absolute Gasteiger partial charge is 0.377 e. The van der Waals surface area contributed by atoms with Gasteiger partial charge in [0.25, 0.3) is 5.56 Å². The van der Waals surface area contributed by atoms with Crippen molar-refractivity contribution in [1.29, 1.82) is 0 Å². The van der Waals surface area contributed by atoms with Crippen LogP contribution in [0.3, 0.4) is 0 Å². The Morgan fingerprint density at radius 1 is 1.06 bits per heavy atom. The van der Waals surface area contributed by atoms with E-state index in [1.807, 2.05) is 60.2 Å². The number of aromatic nitrogens is 5. The molecule has 8 nitrogen and oxygen atoms in total. The van der Waals surface area contributed by atoms with Crippen LogP contribution >= 0.6 is 0 Å². The molecule has 8 heteroatoms. The lowest BCUT2D eigenvalue weighted by molar-refractivity contribution is 0.0545. The molecular weight excluding hydrogens is 452 g/mol. The minimum absolute atomic E-state index is 0.0933. The smallest absolute Gasteiger partial charge is 0.282 e. The zero-order chi connectivity index (χ0) is 24.5. The van der Waals surface area contributed by atoms with Gasteiger partial charge in [0, 0.05) is 43.7 Å². The molecule has 0 N–H and O–H groups in total. The number of aryl methyl sites for hydroxylation is 1. The first-order valence-corrected chi connectivity index (χ1v) is 13.0. The zero-order valence-corrected chi connectivity index (χ0v) is 20.7. The first kappa shape index (κ1) is 23.1. The fraction of sp³-hybridized carbons (Fsp3) is 0.429. The maximum atomic E-state index is 13.9. The number of pyridine rings is 1. The van der Waals surface area contributed by atoms with Crippen molar-refractivity contribution >= 4 is 11.0 Å². The number of fused-ring (bicyclic) bond motifs is 1. The third kappa shape index (κ3) is 4.58. The van der Waals surface area contributed by atoms with Crippen molar-refractivity contribution in [3.63, 3.8) is 0 Å². The van der Waals surface area contributed by atoms with Gasteiger partial charge in [-0.25, -0.2) is 9.67 Å². The van der Waals surface area contributed by atoms with Gasteiger partial charge in [0.15, 0.2) is 5.52 Å². The van der Waals surface area contributed by atoms with Crippen molar-refractivity contribution in [2.45, 2.75) is 45.3 Å². The molecule has 1 aromatic carbocycles. The van der Waals surface area contributed by atoms with Crippen LogP contribution < -0.4 is 5.56 Å². The summed E-state index contributed by atoms with van der Waals surface area (Å²) in [7, 11) is 0. The molecule has 0 radical (unpaired) electrons. The van der Waals surface area contributed by atoms with Crippen LogP contribution in [0.5, 0.6) is 0 Å². The molecule has 2 aliphatic rings. The number of piperidine rings is 1. The Hall–Kier alpha value is -3.36. The van der Waals surface area contributed by atoms with Gasteiger partial charge in [-0.1, -0.05) is 18.2 Å². The van der Waals surface area contributed by atoms with Crippen LogP contribution in [0.25, 0.3) is 28.1 Å². The Morgan fingerprint density at radius 3 is 2.75 bits per heavy atom. The fourth-order valence-electron chi connectivity index (χ4n) is 5.61. The molecule has 0 aliphatic carbocycles. The van der Waals surface area contributed by atoms with Gasteiger partial charge < -0.3 is 9.64 Å². The van der Waals surface area contributed by atoms with Crippen molar-refractivity contribution in [3.05, 3.63) is 70.9 Å². The number of benzene rings is 1. The lowest BCUT2D eigenvalue weighted by atomic mass is 9.97.